The van der Waals surface area contributed by atoms with Gasteiger partial charge >= 0.3 is 0 Å². The topological polar surface area (TPSA) is 59.8 Å². The van der Waals surface area contributed by atoms with Crippen molar-refractivity contribution in [2.45, 2.75) is 25.3 Å². The van der Waals surface area contributed by atoms with E-state index in [1.165, 1.54) is 11.3 Å². The highest BCUT2D eigenvalue weighted by Gasteiger charge is 2.26. The molecule has 1 aliphatic carbocycles. The summed E-state index contributed by atoms with van der Waals surface area (Å²) >= 11 is 1.53. The van der Waals surface area contributed by atoms with Crippen molar-refractivity contribution in [3.05, 3.63) is 64.2 Å². The van der Waals surface area contributed by atoms with E-state index in [4.69, 9.17) is 0 Å². The molecule has 0 spiro atoms. The number of aromatic nitrogens is 3. The van der Waals surface area contributed by atoms with E-state index in [1.807, 2.05) is 45.9 Å². The summed E-state index contributed by atoms with van der Waals surface area (Å²) in [6, 6.07) is 7.66. The zero-order valence-corrected chi connectivity index (χ0v) is 13.3. The third-order valence-corrected chi connectivity index (χ3v) is 4.82. The van der Waals surface area contributed by atoms with Gasteiger partial charge in [-0.3, -0.25) is 4.79 Å². The van der Waals surface area contributed by atoms with E-state index < -0.39 is 0 Å². The molecule has 0 aliphatic heterocycles. The average Bonchev–Trinajstić information content (AvgIpc) is 3.26. The molecule has 1 amide bonds. The van der Waals surface area contributed by atoms with Crippen molar-refractivity contribution < 1.29 is 4.79 Å². The fourth-order valence-corrected chi connectivity index (χ4v) is 3.65. The minimum absolute atomic E-state index is 0.0172. The first-order chi connectivity index (χ1) is 11.3. The molecule has 1 aliphatic rings. The molecule has 3 aromatic rings. The molecule has 0 unspecified atom stereocenters. The van der Waals surface area contributed by atoms with Crippen LogP contribution in [0.25, 0.3) is 5.82 Å². The highest BCUT2D eigenvalue weighted by molar-refractivity contribution is 7.08. The smallest absolute Gasteiger partial charge is 0.252 e. The SMILES string of the molecule is O=C(N[C@@H]1CCCc2c1cnn2-c1ccccn1)c1ccsc1. The molecule has 23 heavy (non-hydrogen) atoms. The van der Waals surface area contributed by atoms with Gasteiger partial charge in [0.1, 0.15) is 0 Å². The highest BCUT2D eigenvalue weighted by Crippen LogP contribution is 2.31. The van der Waals surface area contributed by atoms with E-state index in [9.17, 15) is 4.79 Å². The first kappa shape index (κ1) is 14.1. The summed E-state index contributed by atoms with van der Waals surface area (Å²) < 4.78 is 1.89. The predicted molar refractivity (Wildman–Crippen MR) is 88.8 cm³/mol. The number of thiophene rings is 1. The van der Waals surface area contributed by atoms with Gasteiger partial charge in [0, 0.05) is 17.1 Å². The van der Waals surface area contributed by atoms with Crippen LogP contribution in [0.5, 0.6) is 0 Å². The zero-order valence-electron chi connectivity index (χ0n) is 12.5. The molecule has 6 heteroatoms. The Labute approximate surface area is 138 Å². The molecule has 0 saturated carbocycles. The van der Waals surface area contributed by atoms with Crippen LogP contribution in [-0.4, -0.2) is 20.7 Å². The summed E-state index contributed by atoms with van der Waals surface area (Å²) in [5, 5.41) is 11.4. The predicted octanol–water partition coefficient (Wildman–Crippen LogP) is 3.14. The lowest BCUT2D eigenvalue weighted by Crippen LogP contribution is -2.30. The van der Waals surface area contributed by atoms with Gasteiger partial charge in [0.05, 0.1) is 23.5 Å². The van der Waals surface area contributed by atoms with Crippen molar-refractivity contribution in [2.75, 3.05) is 0 Å². The number of hydrogen-bond acceptors (Lipinski definition) is 4. The lowest BCUT2D eigenvalue weighted by atomic mass is 9.92. The van der Waals surface area contributed by atoms with E-state index in [0.717, 1.165) is 41.9 Å². The molecule has 0 fully saturated rings. The molecule has 0 aromatic carbocycles. The Bertz CT molecular complexity index is 811. The van der Waals surface area contributed by atoms with E-state index in [2.05, 4.69) is 15.4 Å². The van der Waals surface area contributed by atoms with Crippen molar-refractivity contribution in [3.8, 4) is 5.82 Å². The second-order valence-corrected chi connectivity index (χ2v) is 6.36. The Hall–Kier alpha value is -2.47. The van der Waals surface area contributed by atoms with Crippen LogP contribution in [0.15, 0.2) is 47.4 Å². The molecule has 0 radical (unpaired) electrons. The Balaban J connectivity index is 1.62. The number of carbonyl (C=O) groups excluding carboxylic acids is 1. The van der Waals surface area contributed by atoms with Crippen LogP contribution in [0.4, 0.5) is 0 Å². The minimum atomic E-state index is -0.0188. The number of nitrogens with one attached hydrogen (secondary N) is 1. The number of pyridine rings is 1. The van der Waals surface area contributed by atoms with Gasteiger partial charge in [0.2, 0.25) is 0 Å². The quantitative estimate of drug-likeness (QED) is 0.805. The number of amides is 1. The standard InChI is InChI=1S/C17H16N4OS/c22-17(12-7-9-23-11-12)20-14-4-3-5-15-13(14)10-19-21(15)16-6-1-2-8-18-16/h1-2,6-11,14H,3-5H2,(H,20,22)/t14-/m1/s1. The molecule has 5 nitrogen and oxygen atoms in total. The monoisotopic (exact) mass is 324 g/mol. The molecule has 4 rings (SSSR count). The molecule has 0 saturated heterocycles. The fraction of sp³-hybridized carbons (Fsp3) is 0.235. The molecule has 3 heterocycles. The second kappa shape index (κ2) is 5.96. The molecule has 1 atom stereocenters. The van der Waals surface area contributed by atoms with Crippen molar-refractivity contribution in [1.29, 1.82) is 0 Å². The maximum atomic E-state index is 12.3. The maximum Gasteiger partial charge on any atom is 0.252 e. The van der Waals surface area contributed by atoms with Gasteiger partial charge in [-0.15, -0.1) is 0 Å². The zero-order chi connectivity index (χ0) is 15.6. The van der Waals surface area contributed by atoms with Crippen LogP contribution >= 0.6 is 11.3 Å². The lowest BCUT2D eigenvalue weighted by molar-refractivity contribution is 0.0933. The molecule has 1 N–H and O–H groups in total. The third kappa shape index (κ3) is 2.66. The van der Waals surface area contributed by atoms with Crippen LogP contribution in [0.2, 0.25) is 0 Å². The normalized spacial score (nSPS) is 16.8. The van der Waals surface area contributed by atoms with Gasteiger partial charge in [-0.1, -0.05) is 6.07 Å². The Morgan fingerprint density at radius 3 is 3.09 bits per heavy atom. The van der Waals surface area contributed by atoms with Gasteiger partial charge < -0.3 is 5.32 Å². The summed E-state index contributed by atoms with van der Waals surface area (Å²) in [7, 11) is 0. The van der Waals surface area contributed by atoms with Crippen LogP contribution < -0.4 is 5.32 Å². The third-order valence-electron chi connectivity index (χ3n) is 4.14. The van der Waals surface area contributed by atoms with Crippen molar-refractivity contribution in [1.82, 2.24) is 20.1 Å². The average molecular weight is 324 g/mol. The van der Waals surface area contributed by atoms with E-state index >= 15 is 0 Å². The molecule has 3 aromatic heterocycles. The first-order valence-corrected chi connectivity index (χ1v) is 8.58. The number of hydrogen-bond donors (Lipinski definition) is 1. The number of fused-ring (bicyclic) bond motifs is 1. The Kier molecular flexibility index (Phi) is 3.67. The number of nitrogens with zero attached hydrogens (tertiary/aromatic N) is 3. The van der Waals surface area contributed by atoms with Crippen molar-refractivity contribution in [2.24, 2.45) is 0 Å². The number of carbonyl (C=O) groups is 1. The fourth-order valence-electron chi connectivity index (χ4n) is 3.02. The van der Waals surface area contributed by atoms with Gasteiger partial charge in [-0.2, -0.15) is 16.4 Å². The molecule has 0 bridgehead atoms. The minimum Gasteiger partial charge on any atom is -0.345 e. The largest absolute Gasteiger partial charge is 0.345 e. The summed E-state index contributed by atoms with van der Waals surface area (Å²) in [6.45, 7) is 0. The van der Waals surface area contributed by atoms with Crippen molar-refractivity contribution >= 4 is 17.2 Å². The van der Waals surface area contributed by atoms with Crippen LogP contribution in [0.3, 0.4) is 0 Å². The van der Waals surface area contributed by atoms with Gasteiger partial charge in [0.15, 0.2) is 5.82 Å². The summed E-state index contributed by atoms with van der Waals surface area (Å²) in [4.78, 5) is 16.7. The molecule has 116 valence electrons. The van der Waals surface area contributed by atoms with E-state index in [1.54, 1.807) is 6.20 Å². The Morgan fingerprint density at radius 1 is 1.35 bits per heavy atom. The van der Waals surface area contributed by atoms with Gasteiger partial charge in [-0.25, -0.2) is 9.67 Å². The maximum absolute atomic E-state index is 12.3. The summed E-state index contributed by atoms with van der Waals surface area (Å²) in [5.74, 6) is 0.799. The molecular formula is C17H16N4OS. The number of rotatable bonds is 3. The Morgan fingerprint density at radius 2 is 2.30 bits per heavy atom. The van der Waals surface area contributed by atoms with Gasteiger partial charge in [0.25, 0.3) is 5.91 Å². The van der Waals surface area contributed by atoms with E-state index in [-0.39, 0.29) is 11.9 Å². The van der Waals surface area contributed by atoms with E-state index in [0.29, 0.717) is 0 Å². The summed E-state index contributed by atoms with van der Waals surface area (Å²) in [6.07, 6.45) is 6.55. The molecular weight excluding hydrogens is 308 g/mol. The van der Waals surface area contributed by atoms with Crippen molar-refractivity contribution in [3.63, 3.8) is 0 Å². The second-order valence-electron chi connectivity index (χ2n) is 5.58. The van der Waals surface area contributed by atoms with Gasteiger partial charge in [-0.05, 0) is 42.8 Å². The summed E-state index contributed by atoms with van der Waals surface area (Å²) in [5.41, 5.74) is 2.97. The first-order valence-electron chi connectivity index (χ1n) is 7.64. The lowest BCUT2D eigenvalue weighted by Gasteiger charge is -2.24. The van der Waals surface area contributed by atoms with Crippen LogP contribution in [0.1, 0.15) is 40.5 Å². The van der Waals surface area contributed by atoms with Crippen LogP contribution in [-0.2, 0) is 6.42 Å². The highest BCUT2D eigenvalue weighted by atomic mass is 32.1. The van der Waals surface area contributed by atoms with Crippen LogP contribution in [0, 0.1) is 0 Å².